The number of likely N-dealkylation sites (N-methyl/N-ethyl adjacent to an activating group) is 1. The van der Waals surface area contributed by atoms with Crippen molar-refractivity contribution in [3.8, 4) is 11.6 Å². The predicted molar refractivity (Wildman–Crippen MR) is 159 cm³/mol. The van der Waals surface area contributed by atoms with E-state index in [2.05, 4.69) is 37.6 Å². The number of aliphatic hydroxyl groups is 1. The molecule has 42 heavy (non-hydrogen) atoms. The summed E-state index contributed by atoms with van der Waals surface area (Å²) < 4.78 is 17.1. The number of hydrogen-bond donors (Lipinski definition) is 3. The molecule has 1 atom stereocenters. The number of benzene rings is 1. The summed E-state index contributed by atoms with van der Waals surface area (Å²) in [6.07, 6.45) is 4.98. The molecule has 0 radical (unpaired) electrons. The van der Waals surface area contributed by atoms with E-state index in [9.17, 15) is 9.90 Å². The number of aryl methyl sites for hydroxylation is 1. The van der Waals surface area contributed by atoms with Crippen molar-refractivity contribution in [1.29, 1.82) is 0 Å². The Morgan fingerprint density at radius 3 is 2.81 bits per heavy atom. The van der Waals surface area contributed by atoms with E-state index in [-0.39, 0.29) is 12.5 Å². The third kappa shape index (κ3) is 8.21. The normalized spacial score (nSPS) is 16.0. The molecule has 1 aromatic carbocycles. The molecule has 1 unspecified atom stereocenters. The monoisotopic (exact) mass is 578 g/mol. The lowest BCUT2D eigenvalue weighted by Crippen LogP contribution is -2.42. The molecule has 3 heterocycles. The molecule has 0 saturated heterocycles. The molecule has 1 aliphatic carbocycles. The molecule has 11 heteroatoms. The summed E-state index contributed by atoms with van der Waals surface area (Å²) in [6, 6.07) is 9.92. The second-order valence-corrected chi connectivity index (χ2v) is 11.4. The summed E-state index contributed by atoms with van der Waals surface area (Å²) >= 11 is 0. The van der Waals surface area contributed by atoms with Gasteiger partial charge >= 0.3 is 0 Å². The van der Waals surface area contributed by atoms with Crippen molar-refractivity contribution in [1.82, 2.24) is 25.1 Å². The van der Waals surface area contributed by atoms with Crippen LogP contribution in [0, 0.1) is 6.92 Å². The molecule has 1 amide bonds. The van der Waals surface area contributed by atoms with Gasteiger partial charge in [0.05, 0.1) is 11.8 Å². The Bertz CT molecular complexity index is 1340. The molecule has 226 valence electrons. The van der Waals surface area contributed by atoms with Crippen LogP contribution in [0.5, 0.6) is 11.6 Å². The second-order valence-electron chi connectivity index (χ2n) is 11.4. The van der Waals surface area contributed by atoms with E-state index in [4.69, 9.17) is 13.9 Å². The Hall–Kier alpha value is -3.67. The van der Waals surface area contributed by atoms with Crippen molar-refractivity contribution in [2.24, 2.45) is 0 Å². The molecule has 1 aliphatic heterocycles. The lowest BCUT2D eigenvalue weighted by atomic mass is 9.93. The third-order valence-electron chi connectivity index (χ3n) is 7.76. The van der Waals surface area contributed by atoms with Gasteiger partial charge < -0.3 is 34.5 Å². The van der Waals surface area contributed by atoms with E-state index in [1.54, 1.807) is 12.1 Å². The first-order valence-corrected chi connectivity index (χ1v) is 14.7. The molecule has 0 spiro atoms. The Labute approximate surface area is 247 Å². The average molecular weight is 579 g/mol. The van der Waals surface area contributed by atoms with Gasteiger partial charge in [0.25, 0.3) is 5.91 Å². The smallest absolute Gasteiger partial charge is 0.251 e. The molecular weight excluding hydrogens is 536 g/mol. The zero-order valence-corrected chi connectivity index (χ0v) is 24.8. The van der Waals surface area contributed by atoms with E-state index >= 15 is 0 Å². The van der Waals surface area contributed by atoms with Crippen LogP contribution in [0.3, 0.4) is 0 Å². The maximum atomic E-state index is 13.1. The molecule has 2 aromatic heterocycles. The van der Waals surface area contributed by atoms with Crippen molar-refractivity contribution < 1.29 is 23.8 Å². The molecule has 3 N–H and O–H groups in total. The fraction of sp³-hybridized carbons (Fsp3) is 0.516. The number of pyridine rings is 1. The van der Waals surface area contributed by atoms with Gasteiger partial charge in [-0.15, -0.1) is 0 Å². The van der Waals surface area contributed by atoms with Crippen molar-refractivity contribution >= 4 is 11.7 Å². The zero-order valence-electron chi connectivity index (χ0n) is 24.8. The van der Waals surface area contributed by atoms with Crippen LogP contribution in [0.4, 0.5) is 5.82 Å². The fourth-order valence-electron chi connectivity index (χ4n) is 5.00. The second kappa shape index (κ2) is 14.0. The number of nitrogens with one attached hydrogen (secondary N) is 2. The van der Waals surface area contributed by atoms with E-state index in [0.29, 0.717) is 43.1 Å². The molecule has 5 rings (SSSR count). The average Bonchev–Trinajstić information content (AvgIpc) is 3.36. The molecule has 1 fully saturated rings. The van der Waals surface area contributed by atoms with E-state index < -0.39 is 6.10 Å². The maximum absolute atomic E-state index is 13.1. The minimum absolute atomic E-state index is 0.153. The summed E-state index contributed by atoms with van der Waals surface area (Å²) in [5, 5.41) is 17.1. The van der Waals surface area contributed by atoms with E-state index in [0.717, 1.165) is 56.1 Å². The molecule has 11 nitrogen and oxygen atoms in total. The minimum Gasteiger partial charge on any atom is -0.486 e. The number of oxazole rings is 1. The van der Waals surface area contributed by atoms with Gasteiger partial charge in [0.2, 0.25) is 5.88 Å². The van der Waals surface area contributed by atoms with Gasteiger partial charge in [-0.1, -0.05) is 6.07 Å². The van der Waals surface area contributed by atoms with Crippen molar-refractivity contribution in [3.05, 3.63) is 64.9 Å². The van der Waals surface area contributed by atoms with Gasteiger partial charge in [-0.05, 0) is 76.0 Å². The molecule has 2 aliphatic rings. The standard InChI is InChI=1S/C31H42N6O5/c1-21-28(42-20-33-21)19-41-27-8-7-23-17-37(10-9-22(23)13-27)18-26(38)16-32-31(39)24-14-29(34-25-5-4-6-25)35-30(15-24)40-12-11-36(2)3/h7-8,13-15,20,25-26,38H,4-6,9-12,16-19H2,1-3H3,(H,32,39)(H,34,35). The number of fused-ring (bicyclic) bond motifs is 1. The molecule has 0 bridgehead atoms. The van der Waals surface area contributed by atoms with Crippen LogP contribution in [0.2, 0.25) is 0 Å². The number of nitrogens with zero attached hydrogens (tertiary/aromatic N) is 4. The van der Waals surface area contributed by atoms with E-state index in [1.165, 1.54) is 23.9 Å². The first-order chi connectivity index (χ1) is 20.3. The summed E-state index contributed by atoms with van der Waals surface area (Å²) in [5.74, 6) is 2.32. The lowest BCUT2D eigenvalue weighted by molar-refractivity contribution is 0.0841. The number of carbonyl (C=O) groups excluding carboxylic acids is 1. The number of amides is 1. The number of β-amino-alcohol motifs (C(OH)–C–C–N with tert-alkyl or cyclic N) is 1. The highest BCUT2D eigenvalue weighted by molar-refractivity contribution is 5.95. The molecular formula is C31H42N6O5. The molecule has 1 saturated carbocycles. The highest BCUT2D eigenvalue weighted by atomic mass is 16.5. The third-order valence-corrected chi connectivity index (χ3v) is 7.76. The van der Waals surface area contributed by atoms with Crippen LogP contribution < -0.4 is 20.1 Å². The largest absolute Gasteiger partial charge is 0.486 e. The SMILES string of the molecule is Cc1ncoc1COc1ccc2c(c1)CCN(CC(O)CNC(=O)c1cc(NC3CCC3)nc(OCCN(C)C)c1)C2. The first kappa shape index (κ1) is 29.8. The maximum Gasteiger partial charge on any atom is 0.251 e. The topological polar surface area (TPSA) is 125 Å². The highest BCUT2D eigenvalue weighted by Crippen LogP contribution is 2.26. The number of carbonyl (C=O) groups is 1. The summed E-state index contributed by atoms with van der Waals surface area (Å²) in [4.78, 5) is 26.0. The van der Waals surface area contributed by atoms with Crippen LogP contribution in [0.15, 0.2) is 41.1 Å². The van der Waals surface area contributed by atoms with Crippen molar-refractivity contribution in [3.63, 3.8) is 0 Å². The van der Waals surface area contributed by atoms with Gasteiger partial charge in [0.15, 0.2) is 12.2 Å². The Kier molecular flexibility index (Phi) is 9.93. The Morgan fingerprint density at radius 1 is 1.21 bits per heavy atom. The Morgan fingerprint density at radius 2 is 2.07 bits per heavy atom. The van der Waals surface area contributed by atoms with Gasteiger partial charge in [-0.3, -0.25) is 9.69 Å². The van der Waals surface area contributed by atoms with Crippen LogP contribution in [0.1, 0.15) is 52.2 Å². The Balaban J connectivity index is 1.11. The van der Waals surface area contributed by atoms with Gasteiger partial charge in [0.1, 0.15) is 24.8 Å². The summed E-state index contributed by atoms with van der Waals surface area (Å²) in [7, 11) is 3.96. The van der Waals surface area contributed by atoms with Crippen molar-refractivity contribution in [2.75, 3.05) is 52.2 Å². The predicted octanol–water partition coefficient (Wildman–Crippen LogP) is 3.01. The van der Waals surface area contributed by atoms with Crippen molar-refractivity contribution in [2.45, 2.75) is 57.9 Å². The zero-order chi connectivity index (χ0) is 29.5. The van der Waals surface area contributed by atoms with Gasteiger partial charge in [-0.2, -0.15) is 4.98 Å². The minimum atomic E-state index is -0.700. The van der Waals surface area contributed by atoms with Crippen LogP contribution in [-0.4, -0.2) is 89.8 Å². The van der Waals surface area contributed by atoms with E-state index in [1.807, 2.05) is 32.0 Å². The number of aromatic nitrogens is 2. The quantitative estimate of drug-likeness (QED) is 0.263. The van der Waals surface area contributed by atoms with Crippen LogP contribution >= 0.6 is 0 Å². The van der Waals surface area contributed by atoms with Crippen LogP contribution in [-0.2, 0) is 19.6 Å². The lowest BCUT2D eigenvalue weighted by Gasteiger charge is -2.30. The molecule has 3 aromatic rings. The number of ether oxygens (including phenoxy) is 2. The fourth-order valence-corrected chi connectivity index (χ4v) is 5.00. The number of hydrogen-bond acceptors (Lipinski definition) is 10. The van der Waals surface area contributed by atoms with Gasteiger partial charge in [-0.25, -0.2) is 4.98 Å². The summed E-state index contributed by atoms with van der Waals surface area (Å²) in [5.41, 5.74) is 3.75. The summed E-state index contributed by atoms with van der Waals surface area (Å²) in [6.45, 7) is 5.63. The number of aliphatic hydroxyl groups excluding tert-OH is 1. The highest BCUT2D eigenvalue weighted by Gasteiger charge is 2.22. The first-order valence-electron chi connectivity index (χ1n) is 14.7. The number of rotatable bonds is 14. The number of anilines is 1. The van der Waals surface area contributed by atoms with Gasteiger partial charge in [0, 0.05) is 50.4 Å². The van der Waals surface area contributed by atoms with Crippen LogP contribution in [0.25, 0.3) is 0 Å².